The number of halogens is 2. The molecule has 0 fully saturated rings. The standard InChI is InChI=1S/C10H10BrIN2O2/c1-13-9(15)5-14-10(16)7-4-6(12)2-3-8(7)11/h2-4H,5H2,1H3,(H,13,15)(H,14,16). The van der Waals surface area contributed by atoms with E-state index < -0.39 is 0 Å². The highest BCUT2D eigenvalue weighted by Gasteiger charge is 2.11. The highest BCUT2D eigenvalue weighted by Crippen LogP contribution is 2.19. The highest BCUT2D eigenvalue weighted by molar-refractivity contribution is 14.1. The van der Waals surface area contributed by atoms with Gasteiger partial charge < -0.3 is 10.6 Å². The van der Waals surface area contributed by atoms with Gasteiger partial charge >= 0.3 is 0 Å². The maximum absolute atomic E-state index is 11.7. The minimum absolute atomic E-state index is 0.0206. The number of carbonyl (C=O) groups excluding carboxylic acids is 2. The van der Waals surface area contributed by atoms with Crippen LogP contribution in [0.25, 0.3) is 0 Å². The molecule has 0 aliphatic carbocycles. The molecular formula is C10H10BrIN2O2. The average molecular weight is 397 g/mol. The summed E-state index contributed by atoms with van der Waals surface area (Å²) in [5.74, 6) is -0.496. The van der Waals surface area contributed by atoms with E-state index in [1.165, 1.54) is 7.05 Å². The van der Waals surface area contributed by atoms with E-state index in [0.29, 0.717) is 10.0 Å². The predicted molar refractivity (Wildman–Crippen MR) is 73.3 cm³/mol. The number of rotatable bonds is 3. The topological polar surface area (TPSA) is 58.2 Å². The van der Waals surface area contributed by atoms with Crippen molar-refractivity contribution < 1.29 is 9.59 Å². The molecular weight excluding hydrogens is 387 g/mol. The normalized spacial score (nSPS) is 9.69. The molecule has 1 rings (SSSR count). The fourth-order valence-electron chi connectivity index (χ4n) is 1.02. The van der Waals surface area contributed by atoms with Crippen LogP contribution in [0.1, 0.15) is 10.4 Å². The summed E-state index contributed by atoms with van der Waals surface area (Å²) in [7, 11) is 1.52. The van der Waals surface area contributed by atoms with Gasteiger partial charge in [0.2, 0.25) is 5.91 Å². The molecule has 2 N–H and O–H groups in total. The van der Waals surface area contributed by atoms with Crippen LogP contribution in [0.15, 0.2) is 22.7 Å². The third-order valence-corrected chi connectivity index (χ3v) is 3.22. The molecule has 16 heavy (non-hydrogen) atoms. The van der Waals surface area contributed by atoms with Gasteiger partial charge in [0, 0.05) is 15.1 Å². The zero-order valence-electron chi connectivity index (χ0n) is 8.51. The van der Waals surface area contributed by atoms with Gasteiger partial charge in [0.25, 0.3) is 5.91 Å². The van der Waals surface area contributed by atoms with E-state index in [4.69, 9.17) is 0 Å². The summed E-state index contributed by atoms with van der Waals surface area (Å²) in [6.45, 7) is -0.0206. The first-order valence-corrected chi connectivity index (χ1v) is 6.35. The Kier molecular flexibility index (Phi) is 5.20. The molecule has 0 bridgehead atoms. The van der Waals surface area contributed by atoms with E-state index in [9.17, 15) is 9.59 Å². The molecule has 0 aliphatic rings. The van der Waals surface area contributed by atoms with Crippen LogP contribution in [-0.2, 0) is 4.79 Å². The number of likely N-dealkylation sites (N-methyl/N-ethyl adjacent to an activating group) is 1. The van der Waals surface area contributed by atoms with Crippen molar-refractivity contribution in [2.24, 2.45) is 0 Å². The summed E-state index contributed by atoms with van der Waals surface area (Å²) in [4.78, 5) is 22.7. The molecule has 0 saturated heterocycles. The van der Waals surface area contributed by atoms with E-state index in [1.807, 2.05) is 6.07 Å². The Morgan fingerprint density at radius 2 is 2.12 bits per heavy atom. The predicted octanol–water partition coefficient (Wildman–Crippen LogP) is 1.53. The SMILES string of the molecule is CNC(=O)CNC(=O)c1cc(I)ccc1Br. The van der Waals surface area contributed by atoms with Crippen LogP contribution in [0.3, 0.4) is 0 Å². The van der Waals surface area contributed by atoms with E-state index in [2.05, 4.69) is 49.2 Å². The number of benzene rings is 1. The van der Waals surface area contributed by atoms with Crippen molar-refractivity contribution in [3.8, 4) is 0 Å². The average Bonchev–Trinajstić information content (AvgIpc) is 2.28. The largest absolute Gasteiger partial charge is 0.358 e. The Bertz CT molecular complexity index is 423. The Morgan fingerprint density at radius 1 is 1.44 bits per heavy atom. The summed E-state index contributed by atoms with van der Waals surface area (Å²) >= 11 is 5.41. The first kappa shape index (κ1) is 13.4. The maximum atomic E-state index is 11.7. The van der Waals surface area contributed by atoms with E-state index in [-0.39, 0.29) is 18.4 Å². The Morgan fingerprint density at radius 3 is 2.75 bits per heavy atom. The highest BCUT2D eigenvalue weighted by atomic mass is 127. The molecule has 4 nitrogen and oxygen atoms in total. The minimum Gasteiger partial charge on any atom is -0.358 e. The second-order valence-electron chi connectivity index (χ2n) is 2.98. The van der Waals surface area contributed by atoms with Gasteiger partial charge in [-0.1, -0.05) is 0 Å². The van der Waals surface area contributed by atoms with Crippen LogP contribution in [-0.4, -0.2) is 25.4 Å². The number of amides is 2. The molecule has 2 amide bonds. The van der Waals surface area contributed by atoms with Crippen LogP contribution in [0.4, 0.5) is 0 Å². The van der Waals surface area contributed by atoms with Crippen LogP contribution < -0.4 is 10.6 Å². The fourth-order valence-corrected chi connectivity index (χ4v) is 1.93. The Labute approximate surface area is 115 Å². The lowest BCUT2D eigenvalue weighted by molar-refractivity contribution is -0.119. The number of hydrogen-bond acceptors (Lipinski definition) is 2. The van der Waals surface area contributed by atoms with Crippen LogP contribution in [0.2, 0.25) is 0 Å². The molecule has 0 spiro atoms. The fraction of sp³-hybridized carbons (Fsp3) is 0.200. The van der Waals surface area contributed by atoms with E-state index in [0.717, 1.165) is 3.57 Å². The second-order valence-corrected chi connectivity index (χ2v) is 5.08. The molecule has 0 aliphatic heterocycles. The lowest BCUT2D eigenvalue weighted by atomic mass is 10.2. The minimum atomic E-state index is -0.269. The number of hydrogen-bond donors (Lipinski definition) is 2. The third-order valence-electron chi connectivity index (χ3n) is 1.86. The van der Waals surface area contributed by atoms with Crippen molar-refractivity contribution in [1.29, 1.82) is 0 Å². The van der Waals surface area contributed by atoms with Crippen molar-refractivity contribution in [1.82, 2.24) is 10.6 Å². The molecule has 1 aromatic carbocycles. The van der Waals surface area contributed by atoms with Gasteiger partial charge in [0.05, 0.1) is 12.1 Å². The number of nitrogens with one attached hydrogen (secondary N) is 2. The molecule has 6 heteroatoms. The van der Waals surface area contributed by atoms with Gasteiger partial charge in [0.1, 0.15) is 0 Å². The van der Waals surface area contributed by atoms with Crippen molar-refractivity contribution in [3.05, 3.63) is 31.8 Å². The monoisotopic (exact) mass is 396 g/mol. The first-order valence-electron chi connectivity index (χ1n) is 4.48. The number of carbonyl (C=O) groups is 2. The molecule has 0 unspecified atom stereocenters. The quantitative estimate of drug-likeness (QED) is 0.761. The molecule has 0 aromatic heterocycles. The first-order chi connectivity index (χ1) is 7.54. The van der Waals surface area contributed by atoms with Crippen LogP contribution in [0.5, 0.6) is 0 Å². The molecule has 0 atom stereocenters. The van der Waals surface area contributed by atoms with Crippen molar-refractivity contribution in [2.75, 3.05) is 13.6 Å². The third kappa shape index (κ3) is 3.75. The van der Waals surface area contributed by atoms with Gasteiger partial charge in [-0.05, 0) is 56.7 Å². The molecule has 0 radical (unpaired) electrons. The summed E-state index contributed by atoms with van der Waals surface area (Å²) in [5, 5.41) is 4.96. The van der Waals surface area contributed by atoms with Gasteiger partial charge in [-0.15, -0.1) is 0 Å². The molecule has 0 heterocycles. The summed E-state index contributed by atoms with van der Waals surface area (Å²) in [5.41, 5.74) is 0.524. The van der Waals surface area contributed by atoms with Crippen LogP contribution in [0, 0.1) is 3.57 Å². The van der Waals surface area contributed by atoms with E-state index in [1.54, 1.807) is 12.1 Å². The molecule has 86 valence electrons. The second kappa shape index (κ2) is 6.19. The lowest BCUT2D eigenvalue weighted by Crippen LogP contribution is -2.35. The summed E-state index contributed by atoms with van der Waals surface area (Å²) < 4.78 is 1.67. The van der Waals surface area contributed by atoms with Crippen molar-refractivity contribution in [2.45, 2.75) is 0 Å². The Hall–Kier alpha value is -0.630. The smallest absolute Gasteiger partial charge is 0.252 e. The molecule has 1 aromatic rings. The maximum Gasteiger partial charge on any atom is 0.252 e. The van der Waals surface area contributed by atoms with Gasteiger partial charge in [0.15, 0.2) is 0 Å². The summed E-state index contributed by atoms with van der Waals surface area (Å²) in [6, 6.07) is 5.45. The van der Waals surface area contributed by atoms with Gasteiger partial charge in [-0.3, -0.25) is 9.59 Å². The summed E-state index contributed by atoms with van der Waals surface area (Å²) in [6.07, 6.45) is 0. The van der Waals surface area contributed by atoms with E-state index >= 15 is 0 Å². The molecule has 0 saturated carbocycles. The van der Waals surface area contributed by atoms with Crippen LogP contribution >= 0.6 is 38.5 Å². The van der Waals surface area contributed by atoms with Gasteiger partial charge in [-0.2, -0.15) is 0 Å². The van der Waals surface area contributed by atoms with Crippen molar-refractivity contribution in [3.63, 3.8) is 0 Å². The Balaban J connectivity index is 2.73. The lowest BCUT2D eigenvalue weighted by Gasteiger charge is -2.06. The van der Waals surface area contributed by atoms with Gasteiger partial charge in [-0.25, -0.2) is 0 Å². The zero-order chi connectivity index (χ0) is 12.1. The zero-order valence-corrected chi connectivity index (χ0v) is 12.3. The van der Waals surface area contributed by atoms with Crippen molar-refractivity contribution >= 4 is 50.3 Å².